The largest absolute Gasteiger partial charge is 0.416 e. The van der Waals surface area contributed by atoms with Gasteiger partial charge in [-0.3, -0.25) is 14.6 Å². The van der Waals surface area contributed by atoms with Crippen LogP contribution in [0.25, 0.3) is 0 Å². The van der Waals surface area contributed by atoms with E-state index in [2.05, 4.69) is 0 Å². The monoisotopic (exact) mass is 390 g/mol. The zero-order valence-corrected chi connectivity index (χ0v) is 13.9. The summed E-state index contributed by atoms with van der Waals surface area (Å²) >= 11 is 0. The summed E-state index contributed by atoms with van der Waals surface area (Å²) in [5.74, 6) is -5.11. The van der Waals surface area contributed by atoms with E-state index < -0.39 is 52.4 Å². The molecule has 0 saturated carbocycles. The van der Waals surface area contributed by atoms with Gasteiger partial charge in [-0.15, -0.1) is 0 Å². The molecule has 10 heteroatoms. The van der Waals surface area contributed by atoms with Crippen LogP contribution >= 0.6 is 0 Å². The van der Waals surface area contributed by atoms with E-state index in [-0.39, 0.29) is 6.07 Å². The highest BCUT2D eigenvalue weighted by Crippen LogP contribution is 2.32. The van der Waals surface area contributed by atoms with Crippen LogP contribution in [-0.2, 0) is 6.18 Å². The van der Waals surface area contributed by atoms with Crippen molar-refractivity contribution < 1.29 is 35.9 Å². The Bertz CT molecular complexity index is 877. The molecule has 27 heavy (non-hydrogen) atoms. The maximum atomic E-state index is 14.0. The van der Waals surface area contributed by atoms with Gasteiger partial charge in [-0.2, -0.15) is 13.2 Å². The molecule has 0 aliphatic heterocycles. The second-order valence-corrected chi connectivity index (χ2v) is 5.47. The maximum absolute atomic E-state index is 14.0. The number of nitrogens with zero attached hydrogens (tertiary/aromatic N) is 2. The van der Waals surface area contributed by atoms with Gasteiger partial charge < -0.3 is 0 Å². The molecule has 0 heterocycles. The molecule has 0 spiro atoms. The van der Waals surface area contributed by atoms with Crippen LogP contribution in [0.2, 0.25) is 0 Å². The molecule has 0 atom stereocenters. The van der Waals surface area contributed by atoms with Crippen LogP contribution in [0.15, 0.2) is 36.4 Å². The van der Waals surface area contributed by atoms with Crippen molar-refractivity contribution in [3.63, 3.8) is 0 Å². The molecule has 0 aromatic heterocycles. The smallest absolute Gasteiger partial charge is 0.294 e. The number of imide groups is 1. The van der Waals surface area contributed by atoms with Gasteiger partial charge in [0.15, 0.2) is 0 Å². The minimum atomic E-state index is -4.78. The normalized spacial score (nSPS) is 11.3. The van der Waals surface area contributed by atoms with Gasteiger partial charge in [-0.05, 0) is 30.3 Å². The van der Waals surface area contributed by atoms with Crippen molar-refractivity contribution in [3.05, 3.63) is 65.0 Å². The summed E-state index contributed by atoms with van der Waals surface area (Å²) in [5, 5.41) is 0. The summed E-state index contributed by atoms with van der Waals surface area (Å²) < 4.78 is 79.1. The molecule has 2 aromatic rings. The minimum absolute atomic E-state index is 0.192. The number of benzene rings is 2. The zero-order valence-electron chi connectivity index (χ0n) is 13.9. The van der Waals surface area contributed by atoms with E-state index in [9.17, 15) is 35.9 Å². The Balaban J connectivity index is 2.30. The predicted molar refractivity (Wildman–Crippen MR) is 83.7 cm³/mol. The third-order valence-electron chi connectivity index (χ3n) is 3.69. The quantitative estimate of drug-likeness (QED) is 0.711. The fraction of sp³-hybridized carbons (Fsp3) is 0.176. The van der Waals surface area contributed by atoms with E-state index in [4.69, 9.17) is 0 Å². The summed E-state index contributed by atoms with van der Waals surface area (Å²) in [5.41, 5.74) is -2.81. The van der Waals surface area contributed by atoms with Crippen LogP contribution in [0.5, 0.6) is 0 Å². The molecule has 0 aliphatic rings. The zero-order chi connectivity index (χ0) is 20.5. The molecule has 0 aliphatic carbocycles. The Morgan fingerprint density at radius 2 is 1.44 bits per heavy atom. The lowest BCUT2D eigenvalue weighted by molar-refractivity contribution is -0.137. The molecule has 3 amide bonds. The van der Waals surface area contributed by atoms with E-state index in [0.717, 1.165) is 32.3 Å². The van der Waals surface area contributed by atoms with Gasteiger partial charge in [0.1, 0.15) is 23.0 Å². The second-order valence-electron chi connectivity index (χ2n) is 5.47. The van der Waals surface area contributed by atoms with Gasteiger partial charge >= 0.3 is 12.2 Å². The van der Waals surface area contributed by atoms with E-state index in [1.54, 1.807) is 0 Å². The van der Waals surface area contributed by atoms with Gasteiger partial charge in [0, 0.05) is 14.1 Å². The fourth-order valence-corrected chi connectivity index (χ4v) is 2.24. The lowest BCUT2D eigenvalue weighted by atomic mass is 10.1. The SMILES string of the molecule is CN(C(=O)c1c(F)cccc1F)C(=O)N(C)c1ccc(C(F)(F)F)cc1F. The van der Waals surface area contributed by atoms with Crippen molar-refractivity contribution in [2.24, 2.45) is 0 Å². The first-order chi connectivity index (χ1) is 12.4. The Morgan fingerprint density at radius 3 is 1.93 bits per heavy atom. The van der Waals surface area contributed by atoms with E-state index in [1.165, 1.54) is 0 Å². The number of alkyl halides is 3. The Kier molecular flexibility index (Phi) is 5.48. The first-order valence-corrected chi connectivity index (χ1v) is 7.31. The standard InChI is InChI=1S/C17H12F6N2O2/c1-24(13-7-6-9(8-12(13)20)17(21,22)23)16(27)25(2)15(26)14-10(18)4-3-5-11(14)19/h3-8H,1-2H3. The van der Waals surface area contributed by atoms with Gasteiger partial charge in [-0.1, -0.05) is 6.07 Å². The van der Waals surface area contributed by atoms with Crippen LogP contribution in [-0.4, -0.2) is 30.9 Å². The number of urea groups is 1. The van der Waals surface area contributed by atoms with Gasteiger partial charge in [0.05, 0.1) is 11.3 Å². The lowest BCUT2D eigenvalue weighted by Gasteiger charge is -2.24. The number of carbonyl (C=O) groups is 2. The van der Waals surface area contributed by atoms with Crippen LogP contribution in [0.3, 0.4) is 0 Å². The molecular weight excluding hydrogens is 378 g/mol. The molecule has 0 radical (unpaired) electrons. The van der Waals surface area contributed by atoms with Crippen LogP contribution in [0.4, 0.5) is 36.8 Å². The Hall–Kier alpha value is -3.04. The fourth-order valence-electron chi connectivity index (χ4n) is 2.24. The van der Waals surface area contributed by atoms with E-state index in [1.807, 2.05) is 0 Å². The first-order valence-electron chi connectivity index (χ1n) is 7.31. The second kappa shape index (κ2) is 7.29. The van der Waals surface area contributed by atoms with Crippen molar-refractivity contribution in [1.82, 2.24) is 4.90 Å². The molecule has 2 rings (SSSR count). The van der Waals surface area contributed by atoms with Gasteiger partial charge in [0.25, 0.3) is 5.91 Å². The van der Waals surface area contributed by atoms with Crippen molar-refractivity contribution >= 4 is 17.6 Å². The topological polar surface area (TPSA) is 40.6 Å². The molecule has 4 nitrogen and oxygen atoms in total. The Morgan fingerprint density at radius 1 is 0.889 bits per heavy atom. The van der Waals surface area contributed by atoms with Crippen molar-refractivity contribution in [2.45, 2.75) is 6.18 Å². The number of hydrogen-bond donors (Lipinski definition) is 0. The lowest BCUT2D eigenvalue weighted by Crippen LogP contribution is -2.43. The summed E-state index contributed by atoms with van der Waals surface area (Å²) in [6.07, 6.45) is -4.78. The highest BCUT2D eigenvalue weighted by molar-refractivity contribution is 6.08. The molecule has 144 valence electrons. The predicted octanol–water partition coefficient (Wildman–Crippen LogP) is 4.45. The minimum Gasteiger partial charge on any atom is -0.294 e. The van der Waals surface area contributed by atoms with E-state index >= 15 is 0 Å². The maximum Gasteiger partial charge on any atom is 0.416 e. The molecule has 0 fully saturated rings. The van der Waals surface area contributed by atoms with Gasteiger partial charge in [-0.25, -0.2) is 18.0 Å². The summed E-state index contributed by atoms with van der Waals surface area (Å²) in [6, 6.07) is 2.89. The van der Waals surface area contributed by atoms with Crippen LogP contribution in [0.1, 0.15) is 15.9 Å². The van der Waals surface area contributed by atoms with Gasteiger partial charge in [0.2, 0.25) is 0 Å². The first kappa shape index (κ1) is 20.3. The van der Waals surface area contributed by atoms with Crippen molar-refractivity contribution in [2.75, 3.05) is 19.0 Å². The number of hydrogen-bond acceptors (Lipinski definition) is 2. The third-order valence-corrected chi connectivity index (χ3v) is 3.69. The Labute approximate surface area is 149 Å². The van der Waals surface area contributed by atoms with Crippen LogP contribution < -0.4 is 4.90 Å². The summed E-state index contributed by atoms with van der Waals surface area (Å²) in [4.78, 5) is 25.4. The van der Waals surface area contributed by atoms with Crippen molar-refractivity contribution in [3.8, 4) is 0 Å². The molecular formula is C17H12F6N2O2. The highest BCUT2D eigenvalue weighted by atomic mass is 19.4. The van der Waals surface area contributed by atoms with Crippen molar-refractivity contribution in [1.29, 1.82) is 0 Å². The number of halogens is 6. The average molecular weight is 390 g/mol. The number of anilines is 1. The molecule has 2 aromatic carbocycles. The third kappa shape index (κ3) is 4.04. The molecule has 0 bridgehead atoms. The number of rotatable bonds is 2. The summed E-state index contributed by atoms with van der Waals surface area (Å²) in [7, 11) is 1.89. The highest BCUT2D eigenvalue weighted by Gasteiger charge is 2.33. The average Bonchev–Trinajstić information content (AvgIpc) is 2.58. The summed E-state index contributed by atoms with van der Waals surface area (Å²) in [6.45, 7) is 0. The van der Waals surface area contributed by atoms with Crippen LogP contribution in [0, 0.1) is 17.5 Å². The molecule has 0 saturated heterocycles. The number of carbonyl (C=O) groups excluding carboxylic acids is 2. The van der Waals surface area contributed by atoms with E-state index in [0.29, 0.717) is 21.9 Å². The number of amides is 3. The molecule has 0 N–H and O–H groups in total. The molecule has 0 unspecified atom stereocenters.